The van der Waals surface area contributed by atoms with E-state index in [9.17, 15) is 4.79 Å². The van der Waals surface area contributed by atoms with Gasteiger partial charge in [0.05, 0.1) is 0 Å². The molecule has 114 valence electrons. The molecule has 3 heteroatoms. The summed E-state index contributed by atoms with van der Waals surface area (Å²) in [6.45, 7) is 1.62. The van der Waals surface area contributed by atoms with Crippen molar-refractivity contribution >= 4 is 11.5 Å². The standard InChI is InChI=1S/C19H22N2O/c1-21(2)15-9-14-20-18(16-10-5-3-6-11-16)19(22)17-12-7-4-8-13-17/h3-8,10-13H,9,14-15H2,1-2H3. The Labute approximate surface area is 132 Å². The molecule has 2 aromatic rings. The molecule has 0 aliphatic carbocycles. The second kappa shape index (κ2) is 8.25. The van der Waals surface area contributed by atoms with Gasteiger partial charge < -0.3 is 4.90 Å². The van der Waals surface area contributed by atoms with E-state index in [1.54, 1.807) is 0 Å². The minimum atomic E-state index is -0.0170. The molecule has 22 heavy (non-hydrogen) atoms. The molecule has 3 nitrogen and oxygen atoms in total. The lowest BCUT2D eigenvalue weighted by atomic mass is 10.0. The molecule has 0 spiro atoms. The molecule has 2 aromatic carbocycles. The number of aliphatic imine (C=N–C) groups is 1. The van der Waals surface area contributed by atoms with E-state index in [0.717, 1.165) is 18.5 Å². The SMILES string of the molecule is CN(C)CCCN=C(C(=O)c1ccccc1)c1ccccc1. The predicted molar refractivity (Wildman–Crippen MR) is 91.8 cm³/mol. The Balaban J connectivity index is 2.22. The van der Waals surface area contributed by atoms with Crippen LogP contribution in [0.3, 0.4) is 0 Å². The van der Waals surface area contributed by atoms with Crippen molar-refractivity contribution in [1.29, 1.82) is 0 Å². The average Bonchev–Trinajstić information content (AvgIpc) is 2.56. The third-order valence-corrected chi connectivity index (χ3v) is 3.33. The third-order valence-electron chi connectivity index (χ3n) is 3.33. The van der Waals surface area contributed by atoms with Crippen LogP contribution in [0.25, 0.3) is 0 Å². The molecule has 0 aliphatic rings. The lowest BCUT2D eigenvalue weighted by molar-refractivity contribution is 0.106. The van der Waals surface area contributed by atoms with E-state index >= 15 is 0 Å². The van der Waals surface area contributed by atoms with Crippen molar-refractivity contribution in [3.8, 4) is 0 Å². The van der Waals surface area contributed by atoms with Gasteiger partial charge in [-0.15, -0.1) is 0 Å². The summed E-state index contributed by atoms with van der Waals surface area (Å²) in [6.07, 6.45) is 0.936. The summed E-state index contributed by atoms with van der Waals surface area (Å²) in [5.74, 6) is -0.0170. The van der Waals surface area contributed by atoms with E-state index in [1.807, 2.05) is 74.8 Å². The number of hydrogen-bond acceptors (Lipinski definition) is 3. The summed E-state index contributed by atoms with van der Waals surface area (Å²) in [4.78, 5) is 19.4. The zero-order valence-corrected chi connectivity index (χ0v) is 13.2. The summed E-state index contributed by atoms with van der Waals surface area (Å²) in [5, 5.41) is 0. The first-order chi connectivity index (χ1) is 10.7. The van der Waals surface area contributed by atoms with Gasteiger partial charge in [-0.1, -0.05) is 60.7 Å². The van der Waals surface area contributed by atoms with Crippen LogP contribution in [0, 0.1) is 0 Å². The fourth-order valence-corrected chi connectivity index (χ4v) is 2.19. The van der Waals surface area contributed by atoms with Crippen molar-refractivity contribution < 1.29 is 4.79 Å². The monoisotopic (exact) mass is 294 g/mol. The summed E-state index contributed by atoms with van der Waals surface area (Å²) in [5.41, 5.74) is 2.10. The minimum Gasteiger partial charge on any atom is -0.309 e. The quantitative estimate of drug-likeness (QED) is 0.446. The molecule has 0 fully saturated rings. The Morgan fingerprint density at radius 2 is 1.45 bits per heavy atom. The van der Waals surface area contributed by atoms with Crippen molar-refractivity contribution in [2.45, 2.75) is 6.42 Å². The Morgan fingerprint density at radius 3 is 2.00 bits per heavy atom. The average molecular weight is 294 g/mol. The van der Waals surface area contributed by atoms with Crippen molar-refractivity contribution in [3.63, 3.8) is 0 Å². The number of ketones is 1. The number of rotatable bonds is 7. The van der Waals surface area contributed by atoms with Gasteiger partial charge in [-0.2, -0.15) is 0 Å². The minimum absolute atomic E-state index is 0.0170. The second-order valence-corrected chi connectivity index (χ2v) is 5.45. The zero-order valence-electron chi connectivity index (χ0n) is 13.2. The Hall–Kier alpha value is -2.26. The number of carbonyl (C=O) groups is 1. The Kier molecular flexibility index (Phi) is 6.04. The Bertz CT molecular complexity index is 618. The van der Waals surface area contributed by atoms with Gasteiger partial charge in [0.15, 0.2) is 0 Å². The molecule has 0 saturated heterocycles. The number of nitrogens with zero attached hydrogens (tertiary/aromatic N) is 2. The maximum absolute atomic E-state index is 12.7. The topological polar surface area (TPSA) is 32.7 Å². The lowest BCUT2D eigenvalue weighted by Gasteiger charge is -2.09. The highest BCUT2D eigenvalue weighted by molar-refractivity contribution is 6.51. The maximum Gasteiger partial charge on any atom is 0.211 e. The number of benzene rings is 2. The molecule has 0 saturated carbocycles. The van der Waals surface area contributed by atoms with Crippen LogP contribution in [0.2, 0.25) is 0 Å². The smallest absolute Gasteiger partial charge is 0.211 e. The van der Waals surface area contributed by atoms with E-state index in [-0.39, 0.29) is 5.78 Å². The van der Waals surface area contributed by atoms with Crippen LogP contribution in [0.15, 0.2) is 65.7 Å². The van der Waals surface area contributed by atoms with Gasteiger partial charge in [-0.3, -0.25) is 9.79 Å². The first-order valence-corrected chi connectivity index (χ1v) is 7.53. The molecule has 0 radical (unpaired) electrons. The first-order valence-electron chi connectivity index (χ1n) is 7.53. The normalized spacial score (nSPS) is 11.7. The van der Waals surface area contributed by atoms with Crippen LogP contribution < -0.4 is 0 Å². The molecule has 0 bridgehead atoms. The van der Waals surface area contributed by atoms with Crippen LogP contribution in [0.1, 0.15) is 22.3 Å². The molecule has 0 unspecified atom stereocenters. The fraction of sp³-hybridized carbons (Fsp3) is 0.263. The summed E-state index contributed by atoms with van der Waals surface area (Å²) < 4.78 is 0. The number of Topliss-reactive ketones (excluding diaryl/α,β-unsaturated/α-hetero) is 1. The molecule has 0 N–H and O–H groups in total. The molecule has 0 aromatic heterocycles. The van der Waals surface area contributed by atoms with Gasteiger partial charge in [0.1, 0.15) is 5.71 Å². The van der Waals surface area contributed by atoms with Gasteiger partial charge in [-0.05, 0) is 27.1 Å². The predicted octanol–water partition coefficient (Wildman–Crippen LogP) is 3.31. The molecular weight excluding hydrogens is 272 g/mol. The maximum atomic E-state index is 12.7. The summed E-state index contributed by atoms with van der Waals surface area (Å²) >= 11 is 0. The van der Waals surface area contributed by atoms with Crippen LogP contribution in [0.5, 0.6) is 0 Å². The number of hydrogen-bond donors (Lipinski definition) is 0. The lowest BCUT2D eigenvalue weighted by Crippen LogP contribution is -2.18. The second-order valence-electron chi connectivity index (χ2n) is 5.45. The molecule has 0 atom stereocenters. The highest BCUT2D eigenvalue weighted by Crippen LogP contribution is 2.09. The molecule has 0 aliphatic heterocycles. The van der Waals surface area contributed by atoms with Gasteiger partial charge in [0.2, 0.25) is 5.78 Å². The van der Waals surface area contributed by atoms with E-state index in [2.05, 4.69) is 9.89 Å². The van der Waals surface area contributed by atoms with Gasteiger partial charge in [0.25, 0.3) is 0 Å². The van der Waals surface area contributed by atoms with Crippen molar-refractivity contribution in [3.05, 3.63) is 71.8 Å². The van der Waals surface area contributed by atoms with Gasteiger partial charge >= 0.3 is 0 Å². The zero-order chi connectivity index (χ0) is 15.8. The van der Waals surface area contributed by atoms with E-state index in [1.165, 1.54) is 0 Å². The third kappa shape index (κ3) is 4.64. The van der Waals surface area contributed by atoms with Gasteiger partial charge in [-0.25, -0.2) is 0 Å². The highest BCUT2D eigenvalue weighted by Gasteiger charge is 2.15. The Morgan fingerprint density at radius 1 is 0.909 bits per heavy atom. The van der Waals surface area contributed by atoms with Crippen molar-refractivity contribution in [2.24, 2.45) is 4.99 Å². The van der Waals surface area contributed by atoms with Crippen LogP contribution >= 0.6 is 0 Å². The van der Waals surface area contributed by atoms with E-state index in [4.69, 9.17) is 0 Å². The first kappa shape index (κ1) is 16.1. The van der Waals surface area contributed by atoms with Crippen LogP contribution in [-0.2, 0) is 0 Å². The van der Waals surface area contributed by atoms with E-state index in [0.29, 0.717) is 17.8 Å². The molecular formula is C19H22N2O. The van der Waals surface area contributed by atoms with Crippen molar-refractivity contribution in [2.75, 3.05) is 27.2 Å². The summed E-state index contributed by atoms with van der Waals surface area (Å²) in [6, 6.07) is 19.0. The van der Waals surface area contributed by atoms with Crippen molar-refractivity contribution in [1.82, 2.24) is 4.90 Å². The number of carbonyl (C=O) groups excluding carboxylic acids is 1. The highest BCUT2D eigenvalue weighted by atomic mass is 16.1. The molecule has 0 amide bonds. The summed E-state index contributed by atoms with van der Waals surface area (Å²) in [7, 11) is 4.08. The van der Waals surface area contributed by atoms with E-state index < -0.39 is 0 Å². The largest absolute Gasteiger partial charge is 0.309 e. The van der Waals surface area contributed by atoms with Crippen LogP contribution in [-0.4, -0.2) is 43.6 Å². The fourth-order valence-electron chi connectivity index (χ4n) is 2.19. The molecule has 0 heterocycles. The van der Waals surface area contributed by atoms with Crippen LogP contribution in [0.4, 0.5) is 0 Å². The van der Waals surface area contributed by atoms with Gasteiger partial charge in [0, 0.05) is 17.7 Å². The molecule has 2 rings (SSSR count).